The van der Waals surface area contributed by atoms with Gasteiger partial charge in [0.05, 0.1) is 10.7 Å². The van der Waals surface area contributed by atoms with Crippen LogP contribution in [0, 0.1) is 0 Å². The molecular formula is C11H9BrClNO. The van der Waals surface area contributed by atoms with Crippen molar-refractivity contribution in [1.82, 2.24) is 0 Å². The summed E-state index contributed by atoms with van der Waals surface area (Å²) in [6.45, 7) is 0.458. The number of halogens is 2. The maximum Gasteiger partial charge on any atom is 0.148 e. The van der Waals surface area contributed by atoms with Crippen molar-refractivity contribution in [2.75, 3.05) is 0 Å². The highest BCUT2D eigenvalue weighted by Crippen LogP contribution is 2.33. The summed E-state index contributed by atoms with van der Waals surface area (Å²) in [4.78, 5) is 0. The van der Waals surface area contributed by atoms with E-state index < -0.39 is 0 Å². The molecular weight excluding hydrogens is 277 g/mol. The van der Waals surface area contributed by atoms with E-state index in [4.69, 9.17) is 21.8 Å². The smallest absolute Gasteiger partial charge is 0.148 e. The van der Waals surface area contributed by atoms with E-state index in [0.29, 0.717) is 11.6 Å². The van der Waals surface area contributed by atoms with Crippen molar-refractivity contribution in [2.24, 2.45) is 5.73 Å². The van der Waals surface area contributed by atoms with Crippen molar-refractivity contribution in [3.05, 3.63) is 45.6 Å². The summed E-state index contributed by atoms with van der Waals surface area (Å²) in [6, 6.07) is 7.43. The molecule has 0 unspecified atom stereocenters. The second kappa shape index (κ2) is 4.39. The first-order valence-corrected chi connectivity index (χ1v) is 5.61. The molecule has 78 valence electrons. The molecule has 2 rings (SSSR count). The number of hydrogen-bond acceptors (Lipinski definition) is 2. The van der Waals surface area contributed by atoms with E-state index in [1.54, 1.807) is 6.26 Å². The van der Waals surface area contributed by atoms with E-state index >= 15 is 0 Å². The zero-order valence-electron chi connectivity index (χ0n) is 7.84. The lowest BCUT2D eigenvalue weighted by atomic mass is 10.1. The second-order valence-corrected chi connectivity index (χ2v) is 4.39. The quantitative estimate of drug-likeness (QED) is 0.911. The minimum atomic E-state index is 0.458. The number of hydrogen-bond donors (Lipinski definition) is 1. The molecule has 0 amide bonds. The first-order valence-electron chi connectivity index (χ1n) is 4.44. The van der Waals surface area contributed by atoms with Crippen LogP contribution in [0.4, 0.5) is 0 Å². The molecule has 4 heteroatoms. The maximum absolute atomic E-state index is 5.95. The van der Waals surface area contributed by atoms with Gasteiger partial charge in [0.2, 0.25) is 0 Å². The van der Waals surface area contributed by atoms with Crippen molar-refractivity contribution in [3.63, 3.8) is 0 Å². The summed E-state index contributed by atoms with van der Waals surface area (Å²) in [5.74, 6) is 0.762. The third kappa shape index (κ3) is 2.09. The average molecular weight is 287 g/mol. The Morgan fingerprint density at radius 1 is 1.33 bits per heavy atom. The fourth-order valence-corrected chi connectivity index (χ4v) is 2.01. The topological polar surface area (TPSA) is 39.2 Å². The van der Waals surface area contributed by atoms with Gasteiger partial charge < -0.3 is 10.2 Å². The van der Waals surface area contributed by atoms with Crippen LogP contribution >= 0.6 is 27.5 Å². The van der Waals surface area contributed by atoms with Crippen LogP contribution in [0.1, 0.15) is 5.56 Å². The molecule has 0 spiro atoms. The Labute approximate surface area is 101 Å². The van der Waals surface area contributed by atoms with Gasteiger partial charge in [0.1, 0.15) is 5.76 Å². The van der Waals surface area contributed by atoms with Crippen LogP contribution in [-0.2, 0) is 6.54 Å². The highest BCUT2D eigenvalue weighted by atomic mass is 79.9. The predicted molar refractivity (Wildman–Crippen MR) is 64.7 cm³/mol. The van der Waals surface area contributed by atoms with Crippen LogP contribution in [0.3, 0.4) is 0 Å². The van der Waals surface area contributed by atoms with E-state index in [1.165, 1.54) is 0 Å². The minimum Gasteiger partial charge on any atom is -0.463 e. The Bertz CT molecular complexity index is 481. The maximum atomic E-state index is 5.95. The lowest BCUT2D eigenvalue weighted by molar-refractivity contribution is 0.580. The Kier molecular flexibility index (Phi) is 3.14. The summed E-state index contributed by atoms with van der Waals surface area (Å²) >= 11 is 9.36. The molecule has 1 aromatic heterocycles. The lowest BCUT2D eigenvalue weighted by Crippen LogP contribution is -1.98. The Balaban J connectivity index is 2.60. The predicted octanol–water partition coefficient (Wildman–Crippen LogP) is 3.82. The van der Waals surface area contributed by atoms with Crippen molar-refractivity contribution in [2.45, 2.75) is 6.54 Å². The van der Waals surface area contributed by atoms with Gasteiger partial charge >= 0.3 is 0 Å². The third-order valence-corrected chi connectivity index (χ3v) is 3.01. The van der Waals surface area contributed by atoms with E-state index in [1.807, 2.05) is 24.3 Å². The number of furan rings is 1. The van der Waals surface area contributed by atoms with Gasteiger partial charge in [-0.1, -0.05) is 17.7 Å². The van der Waals surface area contributed by atoms with Gasteiger partial charge in [0.15, 0.2) is 0 Å². The molecule has 15 heavy (non-hydrogen) atoms. The SMILES string of the molecule is NCc1ccc(Cl)cc1-c1occc1Br. The normalized spacial score (nSPS) is 10.6. The van der Waals surface area contributed by atoms with Gasteiger partial charge in [0.25, 0.3) is 0 Å². The molecule has 0 fully saturated rings. The highest BCUT2D eigenvalue weighted by Gasteiger charge is 2.11. The van der Waals surface area contributed by atoms with Crippen molar-refractivity contribution < 1.29 is 4.42 Å². The molecule has 2 N–H and O–H groups in total. The summed E-state index contributed by atoms with van der Waals surface area (Å²) < 4.78 is 6.29. The molecule has 0 aliphatic heterocycles. The van der Waals surface area contributed by atoms with Gasteiger partial charge in [-0.05, 0) is 39.7 Å². The van der Waals surface area contributed by atoms with Crippen LogP contribution in [0.25, 0.3) is 11.3 Å². The summed E-state index contributed by atoms with van der Waals surface area (Å²) in [6.07, 6.45) is 1.63. The van der Waals surface area contributed by atoms with E-state index in [2.05, 4.69) is 15.9 Å². The summed E-state index contributed by atoms with van der Waals surface area (Å²) in [5.41, 5.74) is 7.60. The zero-order chi connectivity index (χ0) is 10.8. The van der Waals surface area contributed by atoms with E-state index in [0.717, 1.165) is 21.4 Å². The summed E-state index contributed by atoms with van der Waals surface area (Å²) in [7, 11) is 0. The van der Waals surface area contributed by atoms with Gasteiger partial charge in [-0.25, -0.2) is 0 Å². The molecule has 0 saturated heterocycles. The van der Waals surface area contributed by atoms with Crippen LogP contribution in [0.15, 0.2) is 39.4 Å². The molecule has 0 atom stereocenters. The second-order valence-electron chi connectivity index (χ2n) is 3.10. The minimum absolute atomic E-state index is 0.458. The van der Waals surface area contributed by atoms with E-state index in [9.17, 15) is 0 Å². The van der Waals surface area contributed by atoms with Crippen LogP contribution < -0.4 is 5.73 Å². The monoisotopic (exact) mass is 285 g/mol. The molecule has 2 nitrogen and oxygen atoms in total. The lowest BCUT2D eigenvalue weighted by Gasteiger charge is -2.06. The van der Waals surface area contributed by atoms with Gasteiger partial charge in [-0.15, -0.1) is 0 Å². The van der Waals surface area contributed by atoms with Gasteiger partial charge in [0, 0.05) is 17.1 Å². The Morgan fingerprint density at radius 2 is 2.13 bits per heavy atom. The van der Waals surface area contributed by atoms with E-state index in [-0.39, 0.29) is 0 Å². The fourth-order valence-electron chi connectivity index (χ4n) is 1.42. The molecule has 1 heterocycles. The molecule has 2 aromatic rings. The third-order valence-electron chi connectivity index (χ3n) is 2.15. The molecule has 0 bridgehead atoms. The standard InChI is InChI=1S/C11H9BrClNO/c12-10-3-4-15-11(10)9-5-8(13)2-1-7(9)6-14/h1-5H,6,14H2. The average Bonchev–Trinajstić information content (AvgIpc) is 2.64. The molecule has 0 saturated carbocycles. The Hall–Kier alpha value is -0.770. The van der Waals surface area contributed by atoms with Gasteiger partial charge in [-0.2, -0.15) is 0 Å². The number of rotatable bonds is 2. The van der Waals surface area contributed by atoms with Crippen molar-refractivity contribution >= 4 is 27.5 Å². The van der Waals surface area contributed by atoms with Crippen LogP contribution in [-0.4, -0.2) is 0 Å². The molecule has 0 aliphatic rings. The molecule has 0 aliphatic carbocycles. The number of nitrogens with two attached hydrogens (primary N) is 1. The highest BCUT2D eigenvalue weighted by molar-refractivity contribution is 9.10. The first-order chi connectivity index (χ1) is 7.22. The van der Waals surface area contributed by atoms with Gasteiger partial charge in [-0.3, -0.25) is 0 Å². The van der Waals surface area contributed by atoms with Crippen LogP contribution in [0.5, 0.6) is 0 Å². The van der Waals surface area contributed by atoms with Crippen LogP contribution in [0.2, 0.25) is 5.02 Å². The Morgan fingerprint density at radius 3 is 2.73 bits per heavy atom. The zero-order valence-corrected chi connectivity index (χ0v) is 10.2. The largest absolute Gasteiger partial charge is 0.463 e. The summed E-state index contributed by atoms with van der Waals surface area (Å²) in [5, 5.41) is 0.672. The number of benzene rings is 1. The van der Waals surface area contributed by atoms with Crippen molar-refractivity contribution in [3.8, 4) is 11.3 Å². The molecule has 1 aromatic carbocycles. The fraction of sp³-hybridized carbons (Fsp3) is 0.0909. The van der Waals surface area contributed by atoms with Crippen molar-refractivity contribution in [1.29, 1.82) is 0 Å². The molecule has 0 radical (unpaired) electrons. The first kappa shape index (κ1) is 10.7.